The van der Waals surface area contributed by atoms with Gasteiger partial charge in [-0.1, -0.05) is 27.0 Å². The molecule has 0 aliphatic carbocycles. The van der Waals surface area contributed by atoms with Crippen LogP contribution in [0.2, 0.25) is 0 Å². The van der Waals surface area contributed by atoms with Crippen LogP contribution in [0.3, 0.4) is 0 Å². The second-order valence-corrected chi connectivity index (χ2v) is 3.43. The van der Waals surface area contributed by atoms with Crippen LogP contribution in [0.15, 0.2) is 36.2 Å². The third-order valence-corrected chi connectivity index (χ3v) is 1.74. The molecule has 0 atom stereocenters. The summed E-state index contributed by atoms with van der Waals surface area (Å²) < 4.78 is 0. The van der Waals surface area contributed by atoms with Crippen LogP contribution in [0.1, 0.15) is 27.7 Å². The molecule has 1 nitrogen and oxygen atoms in total. The SMILES string of the molecule is C=C(C)N/C=C(/C)C(=C)C(C)C. The molecule has 0 radical (unpaired) electrons. The molecule has 0 saturated carbocycles. The Morgan fingerprint density at radius 3 is 2.08 bits per heavy atom. The summed E-state index contributed by atoms with van der Waals surface area (Å²) in [5.41, 5.74) is 3.31. The Balaban J connectivity index is 4.18. The van der Waals surface area contributed by atoms with E-state index in [4.69, 9.17) is 0 Å². The third-order valence-electron chi connectivity index (χ3n) is 1.74. The second kappa shape index (κ2) is 4.81. The van der Waals surface area contributed by atoms with E-state index >= 15 is 0 Å². The van der Waals surface area contributed by atoms with E-state index < -0.39 is 0 Å². The Morgan fingerprint density at radius 2 is 1.75 bits per heavy atom. The van der Waals surface area contributed by atoms with Gasteiger partial charge in [0.15, 0.2) is 0 Å². The average Bonchev–Trinajstić information content (AvgIpc) is 1.98. The van der Waals surface area contributed by atoms with Crippen LogP contribution < -0.4 is 5.32 Å². The maximum Gasteiger partial charge on any atom is 0.00421 e. The van der Waals surface area contributed by atoms with Gasteiger partial charge in [-0.2, -0.15) is 0 Å². The molecule has 12 heavy (non-hydrogen) atoms. The van der Waals surface area contributed by atoms with Crippen molar-refractivity contribution in [1.82, 2.24) is 5.32 Å². The molecular formula is C11H19N. The van der Waals surface area contributed by atoms with Gasteiger partial charge in [-0.3, -0.25) is 0 Å². The van der Waals surface area contributed by atoms with Gasteiger partial charge in [-0.25, -0.2) is 0 Å². The van der Waals surface area contributed by atoms with E-state index in [0.717, 1.165) is 5.70 Å². The van der Waals surface area contributed by atoms with E-state index in [1.54, 1.807) is 0 Å². The first-order valence-corrected chi connectivity index (χ1v) is 4.23. The molecule has 0 aromatic heterocycles. The lowest BCUT2D eigenvalue weighted by atomic mass is 9.99. The highest BCUT2D eigenvalue weighted by molar-refractivity contribution is 5.27. The van der Waals surface area contributed by atoms with Gasteiger partial charge in [0.1, 0.15) is 0 Å². The number of hydrogen-bond acceptors (Lipinski definition) is 1. The smallest absolute Gasteiger partial charge is 0.00421 e. The van der Waals surface area contributed by atoms with Gasteiger partial charge in [0.2, 0.25) is 0 Å². The summed E-state index contributed by atoms with van der Waals surface area (Å²) in [5.74, 6) is 0.508. The van der Waals surface area contributed by atoms with Crippen LogP contribution >= 0.6 is 0 Å². The molecule has 0 fully saturated rings. The van der Waals surface area contributed by atoms with Crippen molar-refractivity contribution in [3.63, 3.8) is 0 Å². The number of nitrogens with one attached hydrogen (secondary N) is 1. The minimum absolute atomic E-state index is 0.508. The lowest BCUT2D eigenvalue weighted by Gasteiger charge is -2.10. The molecule has 68 valence electrons. The summed E-state index contributed by atoms with van der Waals surface area (Å²) in [5, 5.41) is 3.06. The predicted octanol–water partition coefficient (Wildman–Crippen LogP) is 3.23. The van der Waals surface area contributed by atoms with Crippen molar-refractivity contribution >= 4 is 0 Å². The molecule has 0 amide bonds. The fourth-order valence-electron chi connectivity index (χ4n) is 0.779. The summed E-state index contributed by atoms with van der Waals surface area (Å²) in [6.07, 6.45) is 1.95. The summed E-state index contributed by atoms with van der Waals surface area (Å²) in [4.78, 5) is 0. The molecule has 0 bridgehead atoms. The Labute approximate surface area is 75.9 Å². The van der Waals surface area contributed by atoms with E-state index in [1.807, 2.05) is 13.1 Å². The van der Waals surface area contributed by atoms with E-state index in [9.17, 15) is 0 Å². The molecule has 0 aromatic rings. The summed E-state index contributed by atoms with van der Waals surface area (Å²) in [7, 11) is 0. The van der Waals surface area contributed by atoms with Crippen LogP contribution in [0.4, 0.5) is 0 Å². The minimum Gasteiger partial charge on any atom is -0.365 e. The molecule has 0 aliphatic heterocycles. The van der Waals surface area contributed by atoms with Crippen LogP contribution in [-0.2, 0) is 0 Å². The zero-order valence-electron chi connectivity index (χ0n) is 8.57. The highest BCUT2D eigenvalue weighted by Crippen LogP contribution is 2.15. The normalized spacial score (nSPS) is 11.6. The Kier molecular flexibility index (Phi) is 4.42. The highest BCUT2D eigenvalue weighted by Gasteiger charge is 2.00. The number of rotatable bonds is 4. The quantitative estimate of drug-likeness (QED) is 0.631. The standard InChI is InChI=1S/C11H19N/c1-8(2)11(6)10(5)7-12-9(3)4/h7-8,12H,3,6H2,1-2,4-5H3/b10-7-. The van der Waals surface area contributed by atoms with Gasteiger partial charge in [-0.05, 0) is 30.9 Å². The largest absolute Gasteiger partial charge is 0.365 e. The van der Waals surface area contributed by atoms with Gasteiger partial charge >= 0.3 is 0 Å². The average molecular weight is 165 g/mol. The van der Waals surface area contributed by atoms with Crippen molar-refractivity contribution in [2.24, 2.45) is 5.92 Å². The van der Waals surface area contributed by atoms with Gasteiger partial charge in [0, 0.05) is 11.9 Å². The van der Waals surface area contributed by atoms with Crippen molar-refractivity contribution in [3.8, 4) is 0 Å². The van der Waals surface area contributed by atoms with Crippen molar-refractivity contribution in [2.45, 2.75) is 27.7 Å². The zero-order chi connectivity index (χ0) is 9.72. The van der Waals surface area contributed by atoms with E-state index in [-0.39, 0.29) is 0 Å². The molecule has 0 saturated heterocycles. The summed E-state index contributed by atoms with van der Waals surface area (Å²) in [6, 6.07) is 0. The molecule has 1 N–H and O–H groups in total. The van der Waals surface area contributed by atoms with Crippen molar-refractivity contribution in [3.05, 3.63) is 36.2 Å². The van der Waals surface area contributed by atoms with Crippen molar-refractivity contribution < 1.29 is 0 Å². The molecule has 1 heteroatoms. The molecule has 0 rings (SSSR count). The van der Waals surface area contributed by atoms with E-state index in [2.05, 4.69) is 39.2 Å². The predicted molar refractivity (Wildman–Crippen MR) is 55.7 cm³/mol. The van der Waals surface area contributed by atoms with Crippen LogP contribution in [0.25, 0.3) is 0 Å². The molecule has 0 heterocycles. The van der Waals surface area contributed by atoms with Crippen molar-refractivity contribution in [1.29, 1.82) is 0 Å². The lowest BCUT2D eigenvalue weighted by molar-refractivity contribution is 0.778. The Hall–Kier alpha value is -0.980. The molecule has 0 unspecified atom stereocenters. The van der Waals surface area contributed by atoms with E-state index in [1.165, 1.54) is 11.1 Å². The monoisotopic (exact) mass is 165 g/mol. The van der Waals surface area contributed by atoms with Gasteiger partial charge in [0.05, 0.1) is 0 Å². The van der Waals surface area contributed by atoms with Crippen LogP contribution in [0.5, 0.6) is 0 Å². The Bertz CT molecular complexity index is 209. The topological polar surface area (TPSA) is 12.0 Å². The van der Waals surface area contributed by atoms with Crippen LogP contribution in [0, 0.1) is 5.92 Å². The molecule has 0 aliphatic rings. The first kappa shape index (κ1) is 11.0. The molecular weight excluding hydrogens is 146 g/mol. The zero-order valence-corrected chi connectivity index (χ0v) is 8.57. The fourth-order valence-corrected chi connectivity index (χ4v) is 0.779. The summed E-state index contributed by atoms with van der Waals surface area (Å²) in [6.45, 7) is 16.0. The number of hydrogen-bond donors (Lipinski definition) is 1. The minimum atomic E-state index is 0.508. The summed E-state index contributed by atoms with van der Waals surface area (Å²) >= 11 is 0. The number of allylic oxidation sites excluding steroid dienone is 3. The molecule has 0 aromatic carbocycles. The Morgan fingerprint density at radius 1 is 1.25 bits per heavy atom. The molecule has 0 spiro atoms. The third kappa shape index (κ3) is 4.02. The van der Waals surface area contributed by atoms with Crippen molar-refractivity contribution in [2.75, 3.05) is 0 Å². The first-order chi connectivity index (χ1) is 5.45. The van der Waals surface area contributed by atoms with Crippen LogP contribution in [-0.4, -0.2) is 0 Å². The van der Waals surface area contributed by atoms with E-state index in [0.29, 0.717) is 5.92 Å². The fraction of sp³-hybridized carbons (Fsp3) is 0.455. The highest BCUT2D eigenvalue weighted by atomic mass is 14.8. The van der Waals surface area contributed by atoms with Gasteiger partial charge in [0.25, 0.3) is 0 Å². The first-order valence-electron chi connectivity index (χ1n) is 4.23. The maximum atomic E-state index is 3.99. The van der Waals surface area contributed by atoms with Gasteiger partial charge in [-0.15, -0.1) is 0 Å². The second-order valence-electron chi connectivity index (χ2n) is 3.43. The maximum absolute atomic E-state index is 3.99. The van der Waals surface area contributed by atoms with Gasteiger partial charge < -0.3 is 5.32 Å². The lowest BCUT2D eigenvalue weighted by Crippen LogP contribution is -2.03.